The number of hydrogen-bond acceptors (Lipinski definition) is 6. The normalized spacial score (nSPS) is 17.4. The Morgan fingerprint density at radius 2 is 2.25 bits per heavy atom. The van der Waals surface area contributed by atoms with Crippen LogP contribution in [0.4, 0.5) is 10.8 Å². The first-order valence-corrected chi connectivity index (χ1v) is 8.25. The van der Waals surface area contributed by atoms with Crippen LogP contribution in [0.3, 0.4) is 0 Å². The molecule has 1 fully saturated rings. The number of hydrogen-bond donors (Lipinski definition) is 2. The number of aromatic nitrogens is 1. The monoisotopic (exact) mass is 365 g/mol. The highest BCUT2D eigenvalue weighted by Crippen LogP contribution is 2.28. The lowest BCUT2D eigenvalue weighted by Crippen LogP contribution is -2.34. The van der Waals surface area contributed by atoms with Gasteiger partial charge in [0.2, 0.25) is 5.91 Å². The predicted octanol–water partition coefficient (Wildman–Crippen LogP) is 2.17. The van der Waals surface area contributed by atoms with Gasteiger partial charge in [0.05, 0.1) is 18.5 Å². The second-order valence-electron chi connectivity index (χ2n) is 5.17. The quantitative estimate of drug-likeness (QED) is 0.788. The molecule has 1 aromatic carbocycles. The van der Waals surface area contributed by atoms with Crippen LogP contribution in [0.2, 0.25) is 5.02 Å². The average Bonchev–Trinajstić information content (AvgIpc) is 3.04. The molecular formula is C15H12ClN3O4S. The van der Waals surface area contributed by atoms with E-state index < -0.39 is 17.9 Å². The fraction of sp³-hybridized carbons (Fsp3) is 0.200. The zero-order chi connectivity index (χ0) is 17.3. The summed E-state index contributed by atoms with van der Waals surface area (Å²) in [6.45, 7) is 0. The number of anilines is 2. The minimum Gasteiger partial charge on any atom is -0.481 e. The molecule has 0 aliphatic carbocycles. The van der Waals surface area contributed by atoms with Crippen LogP contribution in [0.1, 0.15) is 12.1 Å². The maximum absolute atomic E-state index is 12.5. The second-order valence-corrected chi connectivity index (χ2v) is 6.44. The summed E-state index contributed by atoms with van der Waals surface area (Å²) in [6.07, 6.45) is -0.254. The Morgan fingerprint density at radius 1 is 1.46 bits per heavy atom. The third kappa shape index (κ3) is 3.39. The van der Waals surface area contributed by atoms with Gasteiger partial charge in [0.1, 0.15) is 6.04 Å². The highest BCUT2D eigenvalue weighted by molar-refractivity contribution is 7.14. The van der Waals surface area contributed by atoms with Crippen molar-refractivity contribution >= 4 is 51.5 Å². The van der Waals surface area contributed by atoms with E-state index in [0.717, 1.165) is 16.2 Å². The molecule has 1 aliphatic heterocycles. The Balaban J connectivity index is 1.76. The standard InChI is InChI=1S/C15H12ClN3O4S/c16-8-2-1-3-9(4-8)17-11-6-12(20)19(14(11)23)15-18-10(7-24-15)5-13(21)22/h1-4,7,11,17H,5-6H2,(H,21,22). The molecule has 3 rings (SSSR count). The van der Waals surface area contributed by atoms with E-state index in [1.54, 1.807) is 24.3 Å². The number of amides is 2. The van der Waals surface area contributed by atoms with Crippen LogP contribution in [-0.2, 0) is 20.8 Å². The summed E-state index contributed by atoms with van der Waals surface area (Å²) in [5.41, 5.74) is 0.954. The van der Waals surface area contributed by atoms with Crippen molar-refractivity contribution in [2.24, 2.45) is 0 Å². The number of nitrogens with one attached hydrogen (secondary N) is 1. The van der Waals surface area contributed by atoms with Crippen molar-refractivity contribution in [3.8, 4) is 0 Å². The third-order valence-electron chi connectivity index (χ3n) is 3.38. The van der Waals surface area contributed by atoms with Gasteiger partial charge in [-0.15, -0.1) is 11.3 Å². The number of carboxylic acids is 1. The van der Waals surface area contributed by atoms with Crippen molar-refractivity contribution in [2.75, 3.05) is 10.2 Å². The van der Waals surface area contributed by atoms with E-state index in [0.29, 0.717) is 16.4 Å². The molecule has 24 heavy (non-hydrogen) atoms. The predicted molar refractivity (Wildman–Crippen MR) is 89.4 cm³/mol. The lowest BCUT2D eigenvalue weighted by Gasteiger charge is -2.13. The number of rotatable bonds is 5. The van der Waals surface area contributed by atoms with Crippen LogP contribution in [0, 0.1) is 0 Å². The molecule has 9 heteroatoms. The van der Waals surface area contributed by atoms with Crippen LogP contribution >= 0.6 is 22.9 Å². The minimum absolute atomic E-state index is 0.000803. The summed E-state index contributed by atoms with van der Waals surface area (Å²) in [5, 5.41) is 14.0. The van der Waals surface area contributed by atoms with Gasteiger partial charge < -0.3 is 10.4 Å². The molecule has 2 amide bonds. The molecule has 7 nitrogen and oxygen atoms in total. The van der Waals surface area contributed by atoms with Crippen molar-refractivity contribution in [3.63, 3.8) is 0 Å². The Hall–Kier alpha value is -2.45. The first-order chi connectivity index (χ1) is 11.4. The second kappa shape index (κ2) is 6.58. The molecule has 1 atom stereocenters. The van der Waals surface area contributed by atoms with Crippen LogP contribution < -0.4 is 10.2 Å². The van der Waals surface area contributed by atoms with Crippen molar-refractivity contribution in [1.82, 2.24) is 4.98 Å². The molecule has 1 aromatic heterocycles. The van der Waals surface area contributed by atoms with E-state index in [1.807, 2.05) is 0 Å². The fourth-order valence-corrected chi connectivity index (χ4v) is 3.40. The van der Waals surface area contributed by atoms with Gasteiger partial charge in [0.25, 0.3) is 5.91 Å². The maximum atomic E-state index is 12.5. The van der Waals surface area contributed by atoms with Gasteiger partial charge in [-0.1, -0.05) is 17.7 Å². The number of carboxylic acid groups (broad SMARTS) is 1. The molecule has 1 unspecified atom stereocenters. The van der Waals surface area contributed by atoms with Gasteiger partial charge in [-0.25, -0.2) is 9.88 Å². The Labute approximate surface area is 145 Å². The van der Waals surface area contributed by atoms with Gasteiger partial charge in [-0.2, -0.15) is 0 Å². The van der Waals surface area contributed by atoms with Crippen LogP contribution in [-0.4, -0.2) is 33.9 Å². The van der Waals surface area contributed by atoms with Crippen molar-refractivity contribution in [1.29, 1.82) is 0 Å². The largest absolute Gasteiger partial charge is 0.481 e. The Morgan fingerprint density at radius 3 is 2.96 bits per heavy atom. The SMILES string of the molecule is O=C(O)Cc1csc(N2C(=O)CC(Nc3cccc(Cl)c3)C2=O)n1. The van der Waals surface area contributed by atoms with E-state index in [-0.39, 0.29) is 23.9 Å². The average molecular weight is 366 g/mol. The summed E-state index contributed by atoms with van der Waals surface area (Å²) in [4.78, 5) is 40.4. The first-order valence-electron chi connectivity index (χ1n) is 6.99. The molecule has 0 saturated carbocycles. The van der Waals surface area contributed by atoms with Crippen LogP contribution in [0.15, 0.2) is 29.6 Å². The van der Waals surface area contributed by atoms with E-state index in [1.165, 1.54) is 5.38 Å². The lowest BCUT2D eigenvalue weighted by atomic mass is 10.2. The molecule has 0 bridgehead atoms. The summed E-state index contributed by atoms with van der Waals surface area (Å²) in [7, 11) is 0. The molecule has 2 N–H and O–H groups in total. The zero-order valence-electron chi connectivity index (χ0n) is 12.2. The van der Waals surface area contributed by atoms with E-state index in [9.17, 15) is 14.4 Å². The highest BCUT2D eigenvalue weighted by atomic mass is 35.5. The maximum Gasteiger partial charge on any atom is 0.309 e. The number of aliphatic carboxylic acids is 1. The number of carbonyl (C=O) groups is 3. The van der Waals surface area contributed by atoms with Gasteiger partial charge >= 0.3 is 5.97 Å². The lowest BCUT2D eigenvalue weighted by molar-refractivity contribution is -0.136. The molecule has 2 aromatic rings. The summed E-state index contributed by atoms with van der Waals surface area (Å²) in [6, 6.07) is 6.16. The molecule has 124 valence electrons. The van der Waals surface area contributed by atoms with E-state index in [4.69, 9.17) is 16.7 Å². The molecule has 1 aliphatic rings. The molecule has 2 heterocycles. The summed E-state index contributed by atoms with van der Waals surface area (Å²) < 4.78 is 0. The summed E-state index contributed by atoms with van der Waals surface area (Å²) in [5.74, 6) is -1.82. The Kier molecular flexibility index (Phi) is 4.50. The first kappa shape index (κ1) is 16.4. The number of benzene rings is 1. The van der Waals surface area contributed by atoms with Gasteiger partial charge in [-0.3, -0.25) is 14.4 Å². The number of imide groups is 1. The number of thiazole rings is 1. The number of carbonyl (C=O) groups excluding carboxylic acids is 2. The minimum atomic E-state index is -1.02. The molecule has 1 saturated heterocycles. The molecule has 0 spiro atoms. The van der Waals surface area contributed by atoms with Gasteiger partial charge in [0.15, 0.2) is 5.13 Å². The van der Waals surface area contributed by atoms with Crippen LogP contribution in [0.25, 0.3) is 0 Å². The Bertz CT molecular complexity index is 823. The van der Waals surface area contributed by atoms with Gasteiger partial charge in [-0.05, 0) is 18.2 Å². The smallest absolute Gasteiger partial charge is 0.309 e. The van der Waals surface area contributed by atoms with Crippen molar-refractivity contribution in [2.45, 2.75) is 18.9 Å². The van der Waals surface area contributed by atoms with Crippen molar-refractivity contribution in [3.05, 3.63) is 40.4 Å². The van der Waals surface area contributed by atoms with E-state index >= 15 is 0 Å². The molecular weight excluding hydrogens is 354 g/mol. The van der Waals surface area contributed by atoms with E-state index in [2.05, 4.69) is 10.3 Å². The number of nitrogens with zero attached hydrogens (tertiary/aromatic N) is 2. The highest BCUT2D eigenvalue weighted by Gasteiger charge is 2.41. The third-order valence-corrected chi connectivity index (χ3v) is 4.49. The van der Waals surface area contributed by atoms with Crippen molar-refractivity contribution < 1.29 is 19.5 Å². The topological polar surface area (TPSA) is 99.6 Å². The number of halogens is 1. The fourth-order valence-electron chi connectivity index (χ4n) is 2.36. The zero-order valence-corrected chi connectivity index (χ0v) is 13.8. The van der Waals surface area contributed by atoms with Crippen LogP contribution in [0.5, 0.6) is 0 Å². The molecule has 0 radical (unpaired) electrons. The van der Waals surface area contributed by atoms with Gasteiger partial charge in [0, 0.05) is 16.1 Å². The summed E-state index contributed by atoms with van der Waals surface area (Å²) >= 11 is 6.97.